The smallest absolute Gasteiger partial charge is 0.0595 e. The quantitative estimate of drug-likeness (QED) is 0.650. The Morgan fingerprint density at radius 3 is 2.60 bits per heavy atom. The van der Waals surface area contributed by atoms with E-state index in [1.165, 1.54) is 0 Å². The fraction of sp³-hybridized carbons (Fsp3) is 0.600. The van der Waals surface area contributed by atoms with E-state index in [1.54, 1.807) is 0 Å². The molecule has 0 radical (unpaired) electrons. The van der Waals surface area contributed by atoms with E-state index in [0.29, 0.717) is 10.0 Å². The van der Waals surface area contributed by atoms with Gasteiger partial charge in [0, 0.05) is 13.1 Å². The Morgan fingerprint density at radius 1 is 1.15 bits per heavy atom. The lowest BCUT2D eigenvalue weighted by atomic mass is 10.2. The highest BCUT2D eigenvalue weighted by Gasteiger charge is 2.02. The maximum Gasteiger partial charge on any atom is 0.0595 e. The van der Waals surface area contributed by atoms with Crippen LogP contribution in [0.25, 0.3) is 0 Å². The van der Waals surface area contributed by atoms with Crippen molar-refractivity contribution in [1.82, 2.24) is 10.2 Å². The van der Waals surface area contributed by atoms with Gasteiger partial charge in [0.05, 0.1) is 16.7 Å². The van der Waals surface area contributed by atoms with Crippen LogP contribution in [0.2, 0.25) is 10.0 Å². The summed E-state index contributed by atoms with van der Waals surface area (Å²) >= 11 is 11.9. The predicted molar refractivity (Wildman–Crippen MR) is 86.6 cm³/mol. The van der Waals surface area contributed by atoms with Crippen LogP contribution in [0.15, 0.2) is 18.2 Å². The molecule has 1 aromatic carbocycles. The molecule has 0 spiro atoms. The summed E-state index contributed by atoms with van der Waals surface area (Å²) in [5.74, 6) is 0. The van der Waals surface area contributed by atoms with Crippen LogP contribution in [-0.2, 0) is 6.54 Å². The van der Waals surface area contributed by atoms with Crippen LogP contribution >= 0.6 is 23.2 Å². The topological polar surface area (TPSA) is 35.5 Å². The van der Waals surface area contributed by atoms with Crippen molar-refractivity contribution in [1.29, 1.82) is 0 Å². The van der Waals surface area contributed by atoms with E-state index in [4.69, 9.17) is 28.3 Å². The maximum absolute atomic E-state index is 8.98. The third-order valence-electron chi connectivity index (χ3n) is 3.10. The van der Waals surface area contributed by atoms with Gasteiger partial charge in [0.15, 0.2) is 0 Å². The Bertz CT molecular complexity index is 382. The van der Waals surface area contributed by atoms with Crippen LogP contribution in [0, 0.1) is 0 Å². The standard InChI is InChI=1S/C15H24Cl2N2O/c1-2-7-19(9-10-20)8-3-6-18-12-13-4-5-14(16)15(17)11-13/h4-5,11,18,20H,2-3,6-10,12H2,1H3. The number of hydrogen-bond acceptors (Lipinski definition) is 3. The SMILES string of the molecule is CCCN(CCO)CCCNCc1ccc(Cl)c(Cl)c1. The van der Waals surface area contributed by atoms with Gasteiger partial charge in [0.1, 0.15) is 0 Å². The fourth-order valence-electron chi connectivity index (χ4n) is 2.10. The second kappa shape index (κ2) is 10.4. The lowest BCUT2D eigenvalue weighted by Gasteiger charge is -2.20. The molecule has 0 saturated heterocycles. The molecule has 5 heteroatoms. The minimum Gasteiger partial charge on any atom is -0.395 e. The van der Waals surface area contributed by atoms with Crippen molar-refractivity contribution in [2.75, 3.05) is 32.8 Å². The molecule has 0 atom stereocenters. The van der Waals surface area contributed by atoms with Gasteiger partial charge in [-0.1, -0.05) is 36.2 Å². The van der Waals surface area contributed by atoms with Gasteiger partial charge >= 0.3 is 0 Å². The van der Waals surface area contributed by atoms with Gasteiger partial charge in [-0.25, -0.2) is 0 Å². The first-order valence-corrected chi connectivity index (χ1v) is 7.90. The van der Waals surface area contributed by atoms with Crippen LogP contribution in [0.4, 0.5) is 0 Å². The van der Waals surface area contributed by atoms with Crippen molar-refractivity contribution in [3.05, 3.63) is 33.8 Å². The molecule has 1 rings (SSSR count). The van der Waals surface area contributed by atoms with Crippen molar-refractivity contribution < 1.29 is 5.11 Å². The second-order valence-electron chi connectivity index (χ2n) is 4.84. The Hall–Kier alpha value is -0.320. The summed E-state index contributed by atoms with van der Waals surface area (Å²) in [6.07, 6.45) is 2.19. The highest BCUT2D eigenvalue weighted by atomic mass is 35.5. The summed E-state index contributed by atoms with van der Waals surface area (Å²) in [4.78, 5) is 2.29. The molecule has 0 unspecified atom stereocenters. The summed E-state index contributed by atoms with van der Waals surface area (Å²) < 4.78 is 0. The number of nitrogens with one attached hydrogen (secondary N) is 1. The lowest BCUT2D eigenvalue weighted by molar-refractivity contribution is 0.194. The van der Waals surface area contributed by atoms with Crippen molar-refractivity contribution in [3.8, 4) is 0 Å². The zero-order valence-corrected chi connectivity index (χ0v) is 13.6. The zero-order chi connectivity index (χ0) is 14.8. The Kier molecular flexibility index (Phi) is 9.23. The Balaban J connectivity index is 2.19. The molecule has 0 aliphatic rings. The number of rotatable bonds is 10. The van der Waals surface area contributed by atoms with Gasteiger partial charge in [-0.15, -0.1) is 0 Å². The van der Waals surface area contributed by atoms with E-state index in [-0.39, 0.29) is 6.61 Å². The minimum atomic E-state index is 0.233. The van der Waals surface area contributed by atoms with E-state index in [0.717, 1.165) is 51.1 Å². The van der Waals surface area contributed by atoms with Crippen LogP contribution in [0.3, 0.4) is 0 Å². The number of halogens is 2. The van der Waals surface area contributed by atoms with E-state index in [2.05, 4.69) is 17.1 Å². The van der Waals surface area contributed by atoms with E-state index in [9.17, 15) is 0 Å². The third-order valence-corrected chi connectivity index (χ3v) is 3.84. The van der Waals surface area contributed by atoms with Gasteiger partial charge in [-0.3, -0.25) is 0 Å². The number of aliphatic hydroxyl groups is 1. The monoisotopic (exact) mass is 318 g/mol. The molecular formula is C15H24Cl2N2O. The summed E-state index contributed by atoms with van der Waals surface area (Å²) in [5, 5.41) is 13.6. The van der Waals surface area contributed by atoms with Gasteiger partial charge in [0.25, 0.3) is 0 Å². The fourth-order valence-corrected chi connectivity index (χ4v) is 2.42. The molecular weight excluding hydrogens is 295 g/mol. The molecule has 0 aliphatic carbocycles. The normalized spacial score (nSPS) is 11.2. The van der Waals surface area contributed by atoms with Crippen LogP contribution in [-0.4, -0.2) is 42.8 Å². The summed E-state index contributed by atoms with van der Waals surface area (Å²) in [6, 6.07) is 5.70. The molecule has 2 N–H and O–H groups in total. The van der Waals surface area contributed by atoms with Crippen molar-refractivity contribution in [2.45, 2.75) is 26.3 Å². The molecule has 3 nitrogen and oxygen atoms in total. The highest BCUT2D eigenvalue weighted by Crippen LogP contribution is 2.22. The molecule has 20 heavy (non-hydrogen) atoms. The average Bonchev–Trinajstić information content (AvgIpc) is 2.43. The van der Waals surface area contributed by atoms with E-state index in [1.807, 2.05) is 18.2 Å². The van der Waals surface area contributed by atoms with Crippen molar-refractivity contribution in [2.24, 2.45) is 0 Å². The average molecular weight is 319 g/mol. The summed E-state index contributed by atoms with van der Waals surface area (Å²) in [7, 11) is 0. The molecule has 0 fully saturated rings. The van der Waals surface area contributed by atoms with E-state index < -0.39 is 0 Å². The van der Waals surface area contributed by atoms with Gasteiger partial charge in [-0.05, 0) is 50.2 Å². The molecule has 0 heterocycles. The number of hydrogen-bond donors (Lipinski definition) is 2. The number of aliphatic hydroxyl groups excluding tert-OH is 1. The molecule has 0 bridgehead atoms. The lowest BCUT2D eigenvalue weighted by Crippen LogP contribution is -2.30. The summed E-state index contributed by atoms with van der Waals surface area (Å²) in [6.45, 7) is 6.97. The molecule has 114 valence electrons. The Labute approximate surface area is 131 Å². The molecule has 1 aromatic rings. The second-order valence-corrected chi connectivity index (χ2v) is 5.66. The van der Waals surface area contributed by atoms with E-state index >= 15 is 0 Å². The van der Waals surface area contributed by atoms with Crippen LogP contribution in [0.1, 0.15) is 25.3 Å². The first-order valence-electron chi connectivity index (χ1n) is 7.15. The van der Waals surface area contributed by atoms with Gasteiger partial charge < -0.3 is 15.3 Å². The molecule has 0 amide bonds. The number of nitrogens with zero attached hydrogens (tertiary/aromatic N) is 1. The van der Waals surface area contributed by atoms with Gasteiger partial charge in [0.2, 0.25) is 0 Å². The minimum absolute atomic E-state index is 0.233. The highest BCUT2D eigenvalue weighted by molar-refractivity contribution is 6.42. The van der Waals surface area contributed by atoms with Gasteiger partial charge in [-0.2, -0.15) is 0 Å². The first-order chi connectivity index (χ1) is 9.67. The zero-order valence-electron chi connectivity index (χ0n) is 12.0. The van der Waals surface area contributed by atoms with Crippen molar-refractivity contribution in [3.63, 3.8) is 0 Å². The first kappa shape index (κ1) is 17.7. The molecule has 0 aliphatic heterocycles. The molecule has 0 aromatic heterocycles. The summed E-state index contributed by atoms with van der Waals surface area (Å²) in [5.41, 5.74) is 1.14. The molecule has 0 saturated carbocycles. The number of benzene rings is 1. The third kappa shape index (κ3) is 6.91. The van der Waals surface area contributed by atoms with Crippen LogP contribution in [0.5, 0.6) is 0 Å². The predicted octanol–water partition coefficient (Wildman–Crippen LogP) is 3.18. The largest absolute Gasteiger partial charge is 0.395 e. The van der Waals surface area contributed by atoms with Crippen molar-refractivity contribution >= 4 is 23.2 Å². The Morgan fingerprint density at radius 2 is 1.95 bits per heavy atom. The van der Waals surface area contributed by atoms with Crippen LogP contribution < -0.4 is 5.32 Å². The maximum atomic E-state index is 8.98.